The van der Waals surface area contributed by atoms with Crippen LogP contribution in [0.25, 0.3) is 0 Å². The van der Waals surface area contributed by atoms with Crippen molar-refractivity contribution in [2.45, 2.75) is 63.2 Å². The van der Waals surface area contributed by atoms with Crippen molar-refractivity contribution in [1.29, 1.82) is 0 Å². The van der Waals surface area contributed by atoms with Crippen LogP contribution in [0.2, 0.25) is 0 Å². The number of piperidine rings is 1. The van der Waals surface area contributed by atoms with Crippen LogP contribution in [0.15, 0.2) is 0 Å². The molecule has 3 unspecified atom stereocenters. The molecule has 1 saturated heterocycles. The number of carbonyl (C=O) groups is 1. The fourth-order valence-corrected chi connectivity index (χ4v) is 5.99. The summed E-state index contributed by atoms with van der Waals surface area (Å²) in [5, 5.41) is 8.47. The number of rotatable bonds is 4. The molecule has 0 aromatic rings. The van der Waals surface area contributed by atoms with Crippen molar-refractivity contribution in [3.05, 3.63) is 0 Å². The molecule has 0 radical (unpaired) electrons. The first-order chi connectivity index (χ1) is 8.98. The molecule has 0 spiro atoms. The first-order valence-corrected chi connectivity index (χ1v) is 8.72. The largest absolute Gasteiger partial charge is 0.481 e. The summed E-state index contributed by atoms with van der Waals surface area (Å²) in [6.07, 6.45) is 5.35. The van der Waals surface area contributed by atoms with Crippen LogP contribution in [0.5, 0.6) is 0 Å². The lowest BCUT2D eigenvalue weighted by Gasteiger charge is -2.36. The van der Waals surface area contributed by atoms with Crippen LogP contribution in [-0.2, 0) is 14.8 Å². The summed E-state index contributed by atoms with van der Waals surface area (Å²) in [5.74, 6) is -1.68. The van der Waals surface area contributed by atoms with E-state index < -0.39 is 27.2 Å². The van der Waals surface area contributed by atoms with Crippen molar-refractivity contribution in [2.24, 2.45) is 5.92 Å². The summed E-state index contributed by atoms with van der Waals surface area (Å²) in [4.78, 5) is 11.2. The standard InChI is InChI=1S/C13H23NO4S/c1-2-10-6-3-4-9-14(10)19(17,18)12-8-5-7-11(12)13(15)16/h10-12H,2-9H2,1H3,(H,15,16). The van der Waals surface area contributed by atoms with Gasteiger partial charge in [0.1, 0.15) is 0 Å². The summed E-state index contributed by atoms with van der Waals surface area (Å²) in [5.41, 5.74) is 0. The highest BCUT2D eigenvalue weighted by molar-refractivity contribution is 7.89. The molecule has 1 N–H and O–H groups in total. The van der Waals surface area contributed by atoms with Crippen molar-refractivity contribution in [2.75, 3.05) is 6.54 Å². The molecule has 2 fully saturated rings. The molecular formula is C13H23NO4S. The first kappa shape index (κ1) is 14.8. The Kier molecular flexibility index (Phi) is 4.50. The van der Waals surface area contributed by atoms with Gasteiger partial charge in [0.05, 0.1) is 11.2 Å². The van der Waals surface area contributed by atoms with Crippen LogP contribution >= 0.6 is 0 Å². The molecule has 19 heavy (non-hydrogen) atoms. The minimum Gasteiger partial charge on any atom is -0.481 e. The Balaban J connectivity index is 2.23. The van der Waals surface area contributed by atoms with Gasteiger partial charge in [-0.15, -0.1) is 0 Å². The normalized spacial score (nSPS) is 33.4. The number of hydrogen-bond acceptors (Lipinski definition) is 3. The van der Waals surface area contributed by atoms with E-state index in [1.165, 1.54) is 0 Å². The van der Waals surface area contributed by atoms with Gasteiger partial charge in [0.15, 0.2) is 0 Å². The smallest absolute Gasteiger partial charge is 0.307 e. The van der Waals surface area contributed by atoms with Crippen LogP contribution in [0.4, 0.5) is 0 Å². The molecule has 1 aliphatic carbocycles. The van der Waals surface area contributed by atoms with Gasteiger partial charge in [-0.3, -0.25) is 4.79 Å². The highest BCUT2D eigenvalue weighted by atomic mass is 32.2. The number of carboxylic acid groups (broad SMARTS) is 1. The fraction of sp³-hybridized carbons (Fsp3) is 0.923. The third-order valence-corrected chi connectivity index (χ3v) is 6.99. The van der Waals surface area contributed by atoms with Gasteiger partial charge in [0.25, 0.3) is 0 Å². The van der Waals surface area contributed by atoms with Crippen molar-refractivity contribution in [3.63, 3.8) is 0 Å². The van der Waals surface area contributed by atoms with E-state index in [0.717, 1.165) is 25.7 Å². The summed E-state index contributed by atoms with van der Waals surface area (Å²) >= 11 is 0. The lowest BCUT2D eigenvalue weighted by atomic mass is 10.0. The van der Waals surface area contributed by atoms with E-state index in [1.807, 2.05) is 6.92 Å². The minimum atomic E-state index is -3.46. The zero-order valence-corrected chi connectivity index (χ0v) is 12.2. The van der Waals surface area contributed by atoms with Gasteiger partial charge in [0, 0.05) is 12.6 Å². The molecule has 6 heteroatoms. The Morgan fingerprint density at radius 3 is 2.58 bits per heavy atom. The van der Waals surface area contributed by atoms with Crippen molar-refractivity contribution in [1.82, 2.24) is 4.31 Å². The van der Waals surface area contributed by atoms with Crippen molar-refractivity contribution in [3.8, 4) is 0 Å². The molecule has 0 bridgehead atoms. The van der Waals surface area contributed by atoms with Gasteiger partial charge in [0.2, 0.25) is 10.0 Å². The van der Waals surface area contributed by atoms with Crippen LogP contribution in [0.1, 0.15) is 51.9 Å². The van der Waals surface area contributed by atoms with E-state index in [9.17, 15) is 18.3 Å². The average Bonchev–Trinajstić information content (AvgIpc) is 2.88. The highest BCUT2D eigenvalue weighted by Crippen LogP contribution is 2.35. The predicted octanol–water partition coefficient (Wildman–Crippen LogP) is 1.83. The highest BCUT2D eigenvalue weighted by Gasteiger charge is 2.46. The lowest BCUT2D eigenvalue weighted by molar-refractivity contribution is -0.141. The van der Waals surface area contributed by atoms with Crippen LogP contribution in [0, 0.1) is 5.92 Å². The Bertz CT molecular complexity index is 434. The minimum absolute atomic E-state index is 0.0637. The van der Waals surface area contributed by atoms with Gasteiger partial charge < -0.3 is 5.11 Å². The zero-order chi connectivity index (χ0) is 14.0. The lowest BCUT2D eigenvalue weighted by Crippen LogP contribution is -2.49. The second kappa shape index (κ2) is 5.79. The molecule has 0 aromatic carbocycles. The summed E-state index contributed by atoms with van der Waals surface area (Å²) in [6, 6.07) is 0.0637. The maximum absolute atomic E-state index is 12.7. The van der Waals surface area contributed by atoms with Gasteiger partial charge in [-0.25, -0.2) is 8.42 Å². The van der Waals surface area contributed by atoms with Gasteiger partial charge in [-0.1, -0.05) is 19.8 Å². The molecule has 3 atom stereocenters. The maximum Gasteiger partial charge on any atom is 0.307 e. The quantitative estimate of drug-likeness (QED) is 0.857. The van der Waals surface area contributed by atoms with Crippen molar-refractivity contribution >= 4 is 16.0 Å². The van der Waals surface area contributed by atoms with Crippen LogP contribution in [-0.4, -0.2) is 41.6 Å². The molecular weight excluding hydrogens is 266 g/mol. The molecule has 0 aromatic heterocycles. The second-order valence-corrected chi connectivity index (χ2v) is 7.73. The maximum atomic E-state index is 12.7. The number of sulfonamides is 1. The summed E-state index contributed by atoms with van der Waals surface area (Å²) in [7, 11) is -3.46. The Morgan fingerprint density at radius 1 is 1.21 bits per heavy atom. The van der Waals surface area contributed by atoms with Crippen molar-refractivity contribution < 1.29 is 18.3 Å². The summed E-state index contributed by atoms with van der Waals surface area (Å²) < 4.78 is 27.1. The van der Waals surface area contributed by atoms with Gasteiger partial charge in [-0.2, -0.15) is 4.31 Å². The van der Waals surface area contributed by atoms with E-state index in [0.29, 0.717) is 25.8 Å². The zero-order valence-electron chi connectivity index (χ0n) is 11.4. The molecule has 2 aliphatic rings. The number of nitrogens with zero attached hydrogens (tertiary/aromatic N) is 1. The topological polar surface area (TPSA) is 74.7 Å². The number of aliphatic carboxylic acids is 1. The number of carboxylic acids is 1. The second-order valence-electron chi connectivity index (χ2n) is 5.63. The monoisotopic (exact) mass is 289 g/mol. The third kappa shape index (κ3) is 2.79. The summed E-state index contributed by atoms with van der Waals surface area (Å²) in [6.45, 7) is 2.56. The Labute approximate surface area is 115 Å². The number of hydrogen-bond donors (Lipinski definition) is 1. The molecule has 5 nitrogen and oxygen atoms in total. The molecule has 1 aliphatic heterocycles. The van der Waals surface area contributed by atoms with Crippen LogP contribution in [0.3, 0.4) is 0 Å². The molecule has 110 valence electrons. The molecule has 0 amide bonds. The Hall–Kier alpha value is -0.620. The van der Waals surface area contributed by atoms with E-state index in [2.05, 4.69) is 0 Å². The van der Waals surface area contributed by atoms with E-state index >= 15 is 0 Å². The fourth-order valence-electron chi connectivity index (χ4n) is 3.46. The van der Waals surface area contributed by atoms with Gasteiger partial charge >= 0.3 is 5.97 Å². The SMILES string of the molecule is CCC1CCCCN1S(=O)(=O)C1CCCC1C(=O)O. The van der Waals surface area contributed by atoms with E-state index in [4.69, 9.17) is 0 Å². The predicted molar refractivity (Wildman–Crippen MR) is 72.3 cm³/mol. The van der Waals surface area contributed by atoms with E-state index in [-0.39, 0.29) is 6.04 Å². The molecule has 1 heterocycles. The average molecular weight is 289 g/mol. The Morgan fingerprint density at radius 2 is 1.95 bits per heavy atom. The third-order valence-electron chi connectivity index (χ3n) is 4.52. The first-order valence-electron chi connectivity index (χ1n) is 7.22. The molecule has 1 saturated carbocycles. The van der Waals surface area contributed by atoms with Crippen LogP contribution < -0.4 is 0 Å². The molecule has 2 rings (SSSR count). The van der Waals surface area contributed by atoms with Gasteiger partial charge in [-0.05, 0) is 32.1 Å². The van der Waals surface area contributed by atoms with E-state index in [1.54, 1.807) is 4.31 Å².